The fourth-order valence-corrected chi connectivity index (χ4v) is 2.87. The maximum atomic E-state index is 11.9. The molecule has 0 unspecified atom stereocenters. The lowest BCUT2D eigenvalue weighted by Gasteiger charge is -2.09. The molecule has 0 amide bonds. The van der Waals surface area contributed by atoms with E-state index in [1.54, 1.807) is 18.5 Å². The van der Waals surface area contributed by atoms with Crippen molar-refractivity contribution >= 4 is 15.8 Å². The number of sulfonamides is 1. The molecule has 0 aliphatic heterocycles. The fourth-order valence-electron chi connectivity index (χ4n) is 1.98. The Labute approximate surface area is 138 Å². The Bertz CT molecular complexity index is 905. The molecule has 24 heavy (non-hydrogen) atoms. The molecular formula is C13H15N7O3S. The van der Waals surface area contributed by atoms with Gasteiger partial charge in [0.25, 0.3) is 0 Å². The molecule has 126 valence electrons. The quantitative estimate of drug-likeness (QED) is 0.585. The zero-order chi connectivity index (χ0) is 17.0. The average molecular weight is 349 g/mol. The van der Waals surface area contributed by atoms with Gasteiger partial charge >= 0.3 is 0 Å². The molecule has 0 spiro atoms. The SMILES string of the molecule is Cc1nccn1-c1cc(NCCNS(=O)(=O)c2cnoc2)ncn1. The lowest BCUT2D eigenvalue weighted by molar-refractivity contribution is 0.417. The van der Waals surface area contributed by atoms with Gasteiger partial charge in [0, 0.05) is 31.5 Å². The first kappa shape index (κ1) is 16.1. The number of anilines is 1. The summed E-state index contributed by atoms with van der Waals surface area (Å²) >= 11 is 0. The summed E-state index contributed by atoms with van der Waals surface area (Å²) in [5, 5.41) is 6.40. The van der Waals surface area contributed by atoms with Crippen LogP contribution in [0.2, 0.25) is 0 Å². The van der Waals surface area contributed by atoms with E-state index in [4.69, 9.17) is 0 Å². The first-order chi connectivity index (χ1) is 11.6. The second-order valence-corrected chi connectivity index (χ2v) is 6.56. The van der Waals surface area contributed by atoms with Crippen LogP contribution in [-0.2, 0) is 10.0 Å². The number of rotatable bonds is 7. The third-order valence-corrected chi connectivity index (χ3v) is 4.57. The van der Waals surface area contributed by atoms with Crippen molar-refractivity contribution in [1.29, 1.82) is 0 Å². The Morgan fingerprint density at radius 3 is 2.83 bits per heavy atom. The van der Waals surface area contributed by atoms with Crippen molar-refractivity contribution in [2.75, 3.05) is 18.4 Å². The van der Waals surface area contributed by atoms with Crippen molar-refractivity contribution in [2.24, 2.45) is 0 Å². The van der Waals surface area contributed by atoms with E-state index in [0.717, 1.165) is 18.3 Å². The highest BCUT2D eigenvalue weighted by Gasteiger charge is 2.15. The van der Waals surface area contributed by atoms with Crippen LogP contribution in [0.15, 0.2) is 46.7 Å². The van der Waals surface area contributed by atoms with E-state index in [2.05, 4.69) is 34.7 Å². The molecular weight excluding hydrogens is 334 g/mol. The molecule has 0 aliphatic carbocycles. The van der Waals surface area contributed by atoms with Gasteiger partial charge in [-0.3, -0.25) is 4.57 Å². The van der Waals surface area contributed by atoms with Crippen LogP contribution in [0, 0.1) is 6.92 Å². The summed E-state index contributed by atoms with van der Waals surface area (Å²) in [6, 6.07) is 1.75. The van der Waals surface area contributed by atoms with Gasteiger partial charge in [-0.2, -0.15) is 0 Å². The molecule has 11 heteroatoms. The van der Waals surface area contributed by atoms with Crippen LogP contribution in [0.3, 0.4) is 0 Å². The minimum Gasteiger partial charge on any atom is -0.369 e. The van der Waals surface area contributed by atoms with Crippen LogP contribution in [-0.4, -0.2) is 46.2 Å². The van der Waals surface area contributed by atoms with Gasteiger partial charge in [-0.25, -0.2) is 28.1 Å². The normalized spacial score (nSPS) is 11.5. The first-order valence-corrected chi connectivity index (χ1v) is 8.50. The Morgan fingerprint density at radius 2 is 2.12 bits per heavy atom. The van der Waals surface area contributed by atoms with E-state index < -0.39 is 10.0 Å². The van der Waals surface area contributed by atoms with Crippen LogP contribution in [0.25, 0.3) is 5.82 Å². The summed E-state index contributed by atoms with van der Waals surface area (Å²) in [6.07, 6.45) is 7.12. The van der Waals surface area contributed by atoms with Crippen molar-refractivity contribution in [3.63, 3.8) is 0 Å². The van der Waals surface area contributed by atoms with E-state index in [9.17, 15) is 8.42 Å². The second-order valence-electron chi connectivity index (χ2n) is 4.79. The lowest BCUT2D eigenvalue weighted by atomic mass is 10.5. The minimum atomic E-state index is -3.61. The van der Waals surface area contributed by atoms with Gasteiger partial charge in [0.05, 0.1) is 6.20 Å². The van der Waals surface area contributed by atoms with Gasteiger partial charge in [-0.05, 0) is 6.92 Å². The molecule has 3 rings (SSSR count). The Balaban J connectivity index is 1.57. The highest BCUT2D eigenvalue weighted by atomic mass is 32.2. The standard InChI is InChI=1S/C13H15N7O3S/c1-10-14-4-5-20(10)13-6-12(16-9-17-13)15-2-3-19-24(21,22)11-7-18-23-8-11/h4-9,19H,2-3H2,1H3,(H,15,16,17). The second kappa shape index (κ2) is 6.76. The molecule has 0 radical (unpaired) electrons. The fraction of sp³-hybridized carbons (Fsp3) is 0.231. The summed E-state index contributed by atoms with van der Waals surface area (Å²) in [5.74, 6) is 2.06. The Hall–Kier alpha value is -2.79. The molecule has 10 nitrogen and oxygen atoms in total. The molecule has 0 saturated carbocycles. The molecule has 0 fully saturated rings. The molecule has 0 aliphatic rings. The van der Waals surface area contributed by atoms with Crippen molar-refractivity contribution in [1.82, 2.24) is 29.4 Å². The molecule has 3 aromatic rings. The highest BCUT2D eigenvalue weighted by molar-refractivity contribution is 7.89. The third-order valence-electron chi connectivity index (χ3n) is 3.17. The number of nitrogens with one attached hydrogen (secondary N) is 2. The number of aryl methyl sites for hydroxylation is 1. The summed E-state index contributed by atoms with van der Waals surface area (Å²) in [5.41, 5.74) is 0. The topological polar surface area (TPSA) is 128 Å². The van der Waals surface area contributed by atoms with Crippen LogP contribution in [0.4, 0.5) is 5.82 Å². The smallest absolute Gasteiger partial charge is 0.245 e. The largest absolute Gasteiger partial charge is 0.369 e. The van der Waals surface area contributed by atoms with Crippen molar-refractivity contribution in [3.05, 3.63) is 43.1 Å². The number of hydrogen-bond acceptors (Lipinski definition) is 8. The number of hydrogen-bond donors (Lipinski definition) is 2. The zero-order valence-corrected chi connectivity index (χ0v) is 13.6. The van der Waals surface area contributed by atoms with Crippen LogP contribution in [0.1, 0.15) is 5.82 Å². The van der Waals surface area contributed by atoms with Crippen LogP contribution >= 0.6 is 0 Å². The molecule has 0 atom stereocenters. The van der Waals surface area contributed by atoms with E-state index in [-0.39, 0.29) is 11.4 Å². The average Bonchev–Trinajstić information content (AvgIpc) is 3.23. The van der Waals surface area contributed by atoms with Gasteiger partial charge in [0.2, 0.25) is 10.0 Å². The molecule has 3 aromatic heterocycles. The maximum absolute atomic E-state index is 11.9. The van der Waals surface area contributed by atoms with Crippen molar-refractivity contribution < 1.29 is 12.9 Å². The van der Waals surface area contributed by atoms with E-state index in [1.807, 2.05) is 11.5 Å². The molecule has 0 saturated heterocycles. The lowest BCUT2D eigenvalue weighted by Crippen LogP contribution is -2.28. The number of nitrogens with zero attached hydrogens (tertiary/aromatic N) is 5. The summed E-state index contributed by atoms with van der Waals surface area (Å²) in [4.78, 5) is 12.4. The Morgan fingerprint density at radius 1 is 1.25 bits per heavy atom. The van der Waals surface area contributed by atoms with E-state index in [0.29, 0.717) is 18.2 Å². The van der Waals surface area contributed by atoms with Crippen LogP contribution in [0.5, 0.6) is 0 Å². The number of aromatic nitrogens is 5. The van der Waals surface area contributed by atoms with Crippen molar-refractivity contribution in [2.45, 2.75) is 11.8 Å². The van der Waals surface area contributed by atoms with E-state index in [1.165, 1.54) is 6.33 Å². The third kappa shape index (κ3) is 3.58. The predicted molar refractivity (Wildman–Crippen MR) is 84.1 cm³/mol. The molecule has 0 bridgehead atoms. The Kier molecular flexibility index (Phi) is 4.53. The van der Waals surface area contributed by atoms with E-state index >= 15 is 0 Å². The van der Waals surface area contributed by atoms with Crippen LogP contribution < -0.4 is 10.0 Å². The van der Waals surface area contributed by atoms with Gasteiger partial charge in [0.15, 0.2) is 0 Å². The summed E-state index contributed by atoms with van der Waals surface area (Å²) in [6.45, 7) is 2.40. The van der Waals surface area contributed by atoms with Gasteiger partial charge in [-0.15, -0.1) is 0 Å². The molecule has 0 aromatic carbocycles. The monoisotopic (exact) mass is 349 g/mol. The van der Waals surface area contributed by atoms with Crippen molar-refractivity contribution in [3.8, 4) is 5.82 Å². The molecule has 3 heterocycles. The molecule has 2 N–H and O–H groups in total. The first-order valence-electron chi connectivity index (χ1n) is 7.01. The van der Waals surface area contributed by atoms with Gasteiger partial charge in [-0.1, -0.05) is 5.16 Å². The highest BCUT2D eigenvalue weighted by Crippen LogP contribution is 2.10. The zero-order valence-electron chi connectivity index (χ0n) is 12.7. The number of imidazole rings is 1. The van der Waals surface area contributed by atoms with Gasteiger partial charge in [0.1, 0.15) is 34.9 Å². The summed E-state index contributed by atoms with van der Waals surface area (Å²) < 4.78 is 32.5. The minimum absolute atomic E-state index is 0.0117. The maximum Gasteiger partial charge on any atom is 0.245 e. The predicted octanol–water partition coefficient (Wildman–Crippen LogP) is 0.349. The van der Waals surface area contributed by atoms with Gasteiger partial charge < -0.3 is 9.84 Å². The summed E-state index contributed by atoms with van der Waals surface area (Å²) in [7, 11) is -3.61.